The zero-order valence-corrected chi connectivity index (χ0v) is 26.1. The number of hydrogen-bond donors (Lipinski definition) is 4. The lowest BCUT2D eigenvalue weighted by Gasteiger charge is -2.40. The van der Waals surface area contributed by atoms with E-state index < -0.39 is 36.3 Å². The Morgan fingerprint density at radius 1 is 1.17 bits per heavy atom. The smallest absolute Gasteiger partial charge is 0.435 e. The first-order chi connectivity index (χ1) is 22.8. The molecule has 2 aromatic heterocycles. The number of imidazole rings is 1. The van der Waals surface area contributed by atoms with Gasteiger partial charge in [-0.3, -0.25) is 19.1 Å². The van der Waals surface area contributed by atoms with Crippen LogP contribution < -0.4 is 21.7 Å². The molecule has 2 aliphatic rings. The summed E-state index contributed by atoms with van der Waals surface area (Å²) in [5.41, 5.74) is 4.69. The molecule has 2 unspecified atom stereocenters. The minimum absolute atomic E-state index is 0.0308. The molecule has 19 heteroatoms. The van der Waals surface area contributed by atoms with Crippen LogP contribution in [0.4, 0.5) is 23.7 Å². The van der Waals surface area contributed by atoms with Gasteiger partial charge in [-0.2, -0.15) is 23.5 Å². The molecule has 0 radical (unpaired) electrons. The van der Waals surface area contributed by atoms with E-state index >= 15 is 0 Å². The van der Waals surface area contributed by atoms with Crippen LogP contribution in [0.5, 0.6) is 0 Å². The summed E-state index contributed by atoms with van der Waals surface area (Å²) in [6.45, 7) is 0.501. The van der Waals surface area contributed by atoms with Crippen LogP contribution in [0.1, 0.15) is 45.9 Å². The number of carbonyl (C=O) groups excluding carboxylic acids is 4. The summed E-state index contributed by atoms with van der Waals surface area (Å²) in [5.74, 6) is -1.43. The van der Waals surface area contributed by atoms with Crippen molar-refractivity contribution in [1.82, 2.24) is 34.9 Å². The summed E-state index contributed by atoms with van der Waals surface area (Å²) in [5, 5.41) is 20.7. The number of likely N-dealkylation sites (tertiary alicyclic amines) is 1. The molecule has 4 amide bonds. The maximum absolute atomic E-state index is 13.6. The van der Waals surface area contributed by atoms with Crippen molar-refractivity contribution >= 4 is 41.6 Å². The normalized spacial score (nSPS) is 20.6. The zero-order valence-electron chi connectivity index (χ0n) is 25.3. The molecule has 48 heavy (non-hydrogen) atoms. The van der Waals surface area contributed by atoms with E-state index in [9.17, 15) is 32.3 Å². The lowest BCUT2D eigenvalue weighted by Crippen LogP contribution is -2.59. The number of rotatable bonds is 9. The number of carbonyl (C=O) groups is 4. The minimum Gasteiger partial charge on any atom is -0.463 e. The highest BCUT2D eigenvalue weighted by molar-refractivity contribution is 6.34. The Balaban J connectivity index is 1.15. The molecule has 0 spiro atoms. The van der Waals surface area contributed by atoms with E-state index in [-0.39, 0.29) is 64.1 Å². The molecule has 1 aliphatic heterocycles. The maximum atomic E-state index is 13.6. The Hall–Kier alpha value is -5.15. The second kappa shape index (κ2) is 13.9. The van der Waals surface area contributed by atoms with Crippen LogP contribution in [0.2, 0.25) is 5.02 Å². The number of nitrogens with one attached hydrogen (secondary N) is 3. The third kappa shape index (κ3) is 7.52. The van der Waals surface area contributed by atoms with Crippen molar-refractivity contribution in [3.05, 3.63) is 52.7 Å². The van der Waals surface area contributed by atoms with E-state index in [1.807, 2.05) is 0 Å². The first kappa shape index (κ1) is 34.2. The SMILES string of the molecule is Cn1c(-c2cn(CC#N)nc2C(F)(F)F)cnc1C(=O)Nc1ccc(C(=O)N[C@H]2C[C@@H](NC(=O)N3CC(N)CC(OC=O)C3)C2)c(Cl)c1. The number of nitrogens with two attached hydrogens (primary N) is 1. The number of amides is 4. The topological polar surface area (TPSA) is 202 Å². The number of piperidine rings is 1. The van der Waals surface area contributed by atoms with Crippen molar-refractivity contribution in [3.63, 3.8) is 0 Å². The predicted molar refractivity (Wildman–Crippen MR) is 162 cm³/mol. The van der Waals surface area contributed by atoms with Crippen molar-refractivity contribution in [2.45, 2.75) is 56.2 Å². The molecule has 3 aromatic rings. The minimum atomic E-state index is -4.81. The standard InChI is InChI=1S/C29H30ClF3N10O5/c1-41-23(21-13-43(5-4-34)40-24(21)29(31,32)33)10-36-25(41)27(46)37-16-2-3-20(22(30)9-16)26(45)38-17-7-18(8-17)39-28(47)42-11-15(35)6-19(12-42)48-14-44/h2-3,9-10,13-15,17-19H,5-8,11-12,35H2,1H3,(H,37,46)(H,38,45)(H,39,47)/t15?,17-,18+,19?. The van der Waals surface area contributed by atoms with Crippen molar-refractivity contribution in [3.8, 4) is 17.3 Å². The van der Waals surface area contributed by atoms with E-state index in [2.05, 4.69) is 26.0 Å². The van der Waals surface area contributed by atoms with Gasteiger partial charge in [0.2, 0.25) is 0 Å². The molecule has 1 saturated heterocycles. The Morgan fingerprint density at radius 3 is 2.56 bits per heavy atom. The van der Waals surface area contributed by atoms with Gasteiger partial charge in [-0.05, 0) is 31.0 Å². The van der Waals surface area contributed by atoms with E-state index in [4.69, 9.17) is 27.3 Å². The van der Waals surface area contributed by atoms with Gasteiger partial charge in [-0.1, -0.05) is 11.6 Å². The summed E-state index contributed by atoms with van der Waals surface area (Å²) in [6.07, 6.45) is -1.70. The van der Waals surface area contributed by atoms with Crippen LogP contribution in [-0.4, -0.2) is 85.9 Å². The van der Waals surface area contributed by atoms with Crippen LogP contribution in [0, 0.1) is 11.3 Å². The summed E-state index contributed by atoms with van der Waals surface area (Å²) in [4.78, 5) is 54.7. The molecular formula is C29H30ClF3N10O5. The van der Waals surface area contributed by atoms with E-state index in [0.29, 0.717) is 32.3 Å². The lowest BCUT2D eigenvalue weighted by atomic mass is 9.86. The van der Waals surface area contributed by atoms with Crippen molar-refractivity contribution in [2.75, 3.05) is 18.4 Å². The van der Waals surface area contributed by atoms with E-state index in [0.717, 1.165) is 21.6 Å². The van der Waals surface area contributed by atoms with Gasteiger partial charge in [0, 0.05) is 50.0 Å². The number of nitriles is 1. The number of hydrogen-bond acceptors (Lipinski definition) is 9. The van der Waals surface area contributed by atoms with Gasteiger partial charge in [-0.25, -0.2) is 9.78 Å². The Kier molecular flexibility index (Phi) is 9.91. The van der Waals surface area contributed by atoms with Gasteiger partial charge in [0.25, 0.3) is 18.3 Å². The van der Waals surface area contributed by atoms with Gasteiger partial charge >= 0.3 is 12.2 Å². The second-order valence-electron chi connectivity index (χ2n) is 11.5. The van der Waals surface area contributed by atoms with Gasteiger partial charge in [0.15, 0.2) is 11.5 Å². The van der Waals surface area contributed by atoms with Crippen LogP contribution in [0.15, 0.2) is 30.6 Å². The molecule has 1 saturated carbocycles. The molecule has 2 fully saturated rings. The van der Waals surface area contributed by atoms with Crippen molar-refractivity contribution in [1.29, 1.82) is 5.26 Å². The highest BCUT2D eigenvalue weighted by Crippen LogP contribution is 2.36. The molecule has 15 nitrogen and oxygen atoms in total. The summed E-state index contributed by atoms with van der Waals surface area (Å²) >= 11 is 6.36. The highest BCUT2D eigenvalue weighted by atomic mass is 35.5. The molecule has 1 aromatic carbocycles. The molecule has 1 aliphatic carbocycles. The molecule has 5 rings (SSSR count). The van der Waals surface area contributed by atoms with Crippen molar-refractivity contribution < 1.29 is 37.1 Å². The zero-order chi connectivity index (χ0) is 34.7. The van der Waals surface area contributed by atoms with Crippen LogP contribution in [0.25, 0.3) is 11.3 Å². The first-order valence-corrected chi connectivity index (χ1v) is 15.0. The molecule has 254 valence electrons. The van der Waals surface area contributed by atoms with Gasteiger partial charge in [-0.15, -0.1) is 0 Å². The quantitative estimate of drug-likeness (QED) is 0.243. The molecule has 5 N–H and O–H groups in total. The number of alkyl halides is 3. The largest absolute Gasteiger partial charge is 0.463 e. The predicted octanol–water partition coefficient (Wildman–Crippen LogP) is 2.28. The number of aromatic nitrogens is 4. The number of urea groups is 1. The van der Waals surface area contributed by atoms with Gasteiger partial charge in [0.05, 0.1) is 40.7 Å². The average Bonchev–Trinajstić information content (AvgIpc) is 3.59. The molecule has 2 atom stereocenters. The highest BCUT2D eigenvalue weighted by Gasteiger charge is 2.39. The Labute approximate surface area is 276 Å². The summed E-state index contributed by atoms with van der Waals surface area (Å²) in [7, 11) is 1.36. The average molecular weight is 691 g/mol. The second-order valence-corrected chi connectivity index (χ2v) is 11.9. The number of anilines is 1. The van der Waals surface area contributed by atoms with Crippen LogP contribution in [0.3, 0.4) is 0 Å². The lowest BCUT2D eigenvalue weighted by molar-refractivity contribution is -0.141. The van der Waals surface area contributed by atoms with Gasteiger partial charge in [0.1, 0.15) is 12.6 Å². The van der Waals surface area contributed by atoms with E-state index in [1.165, 1.54) is 30.1 Å². The van der Waals surface area contributed by atoms with Crippen LogP contribution >= 0.6 is 11.6 Å². The van der Waals surface area contributed by atoms with Gasteiger partial charge < -0.3 is 35.9 Å². The number of benzene rings is 1. The maximum Gasteiger partial charge on any atom is 0.435 e. The van der Waals surface area contributed by atoms with Crippen LogP contribution in [-0.2, 0) is 29.3 Å². The van der Waals surface area contributed by atoms with E-state index in [1.54, 1.807) is 6.07 Å². The number of ether oxygens (including phenoxy) is 1. The third-order valence-corrected chi connectivity index (χ3v) is 8.30. The fraction of sp³-hybridized carbons (Fsp3) is 0.414. The Bertz CT molecular complexity index is 1760. The summed E-state index contributed by atoms with van der Waals surface area (Å²) < 4.78 is 47.8. The Morgan fingerprint density at radius 2 is 1.90 bits per heavy atom. The van der Waals surface area contributed by atoms with Crippen molar-refractivity contribution in [2.24, 2.45) is 12.8 Å². The fourth-order valence-corrected chi connectivity index (χ4v) is 5.89. The third-order valence-electron chi connectivity index (χ3n) is 7.98. The fourth-order valence-electron chi connectivity index (χ4n) is 5.62. The first-order valence-electron chi connectivity index (χ1n) is 14.6. The number of nitrogens with zero attached hydrogens (tertiary/aromatic N) is 6. The monoisotopic (exact) mass is 690 g/mol. The molecule has 3 heterocycles. The number of halogens is 4. The summed E-state index contributed by atoms with van der Waals surface area (Å²) in [6, 6.07) is 4.86. The molecule has 0 bridgehead atoms. The molecular weight excluding hydrogens is 661 g/mol.